The normalized spacial score (nSPS) is 8.69. The van der Waals surface area contributed by atoms with Crippen LogP contribution in [-0.4, -0.2) is 27.8 Å². The van der Waals surface area contributed by atoms with Gasteiger partial charge in [0.1, 0.15) is 6.61 Å². The van der Waals surface area contributed by atoms with Crippen LogP contribution in [-0.2, 0) is 0 Å². The van der Waals surface area contributed by atoms with Gasteiger partial charge in [0.05, 0.1) is 5.56 Å². The quantitative estimate of drug-likeness (QED) is 0.598. The maximum Gasteiger partial charge on any atom is 0.337 e. The highest BCUT2D eigenvalue weighted by atomic mass is 16.4. The van der Waals surface area contributed by atoms with Crippen LogP contribution in [0, 0.1) is 11.8 Å². The number of aliphatic hydroxyl groups is 1. The van der Waals surface area contributed by atoms with Crippen molar-refractivity contribution in [2.45, 2.75) is 0 Å². The van der Waals surface area contributed by atoms with Crippen LogP contribution in [0.2, 0.25) is 0 Å². The molecule has 0 atom stereocenters. The molecular formula is C9H7NO3. The zero-order chi connectivity index (χ0) is 9.68. The van der Waals surface area contributed by atoms with E-state index in [0.717, 1.165) is 0 Å². The smallest absolute Gasteiger partial charge is 0.337 e. The largest absolute Gasteiger partial charge is 0.478 e. The van der Waals surface area contributed by atoms with E-state index < -0.39 is 5.97 Å². The highest BCUT2D eigenvalue weighted by Gasteiger charge is 2.01. The third-order valence-electron chi connectivity index (χ3n) is 1.30. The van der Waals surface area contributed by atoms with Crippen LogP contribution in [0.15, 0.2) is 18.5 Å². The minimum absolute atomic E-state index is 0.0877. The molecule has 0 saturated carbocycles. The van der Waals surface area contributed by atoms with Gasteiger partial charge in [0.25, 0.3) is 0 Å². The molecule has 1 rings (SSSR count). The van der Waals surface area contributed by atoms with E-state index in [0.29, 0.717) is 5.56 Å². The van der Waals surface area contributed by atoms with Crippen molar-refractivity contribution in [3.63, 3.8) is 0 Å². The average Bonchev–Trinajstić information content (AvgIpc) is 2.15. The first-order chi connectivity index (χ1) is 6.24. The topological polar surface area (TPSA) is 70.4 Å². The number of aromatic nitrogens is 1. The second-order valence-corrected chi connectivity index (χ2v) is 2.23. The number of pyridine rings is 1. The Bertz CT molecular complexity index is 376. The van der Waals surface area contributed by atoms with Crippen molar-refractivity contribution in [2.24, 2.45) is 0 Å². The molecule has 0 aliphatic rings. The van der Waals surface area contributed by atoms with Gasteiger partial charge in [0.15, 0.2) is 0 Å². The van der Waals surface area contributed by atoms with Gasteiger partial charge in [-0.2, -0.15) is 0 Å². The molecule has 0 amide bonds. The van der Waals surface area contributed by atoms with Gasteiger partial charge in [0.2, 0.25) is 0 Å². The van der Waals surface area contributed by atoms with Crippen molar-refractivity contribution in [3.05, 3.63) is 29.6 Å². The van der Waals surface area contributed by atoms with Gasteiger partial charge in [-0.05, 0) is 6.07 Å². The molecule has 1 aromatic rings. The second kappa shape index (κ2) is 4.24. The Morgan fingerprint density at radius 3 is 2.92 bits per heavy atom. The van der Waals surface area contributed by atoms with E-state index in [1.54, 1.807) is 0 Å². The summed E-state index contributed by atoms with van der Waals surface area (Å²) in [5, 5.41) is 17.0. The summed E-state index contributed by atoms with van der Waals surface area (Å²) in [6, 6.07) is 1.40. The van der Waals surface area contributed by atoms with Gasteiger partial charge >= 0.3 is 5.97 Å². The van der Waals surface area contributed by atoms with E-state index in [1.807, 2.05) is 0 Å². The minimum atomic E-state index is -1.04. The summed E-state index contributed by atoms with van der Waals surface area (Å²) in [5.41, 5.74) is 0.568. The SMILES string of the molecule is O=C(O)c1cncc(C#CCO)c1. The van der Waals surface area contributed by atoms with Crippen LogP contribution >= 0.6 is 0 Å². The van der Waals surface area contributed by atoms with Crippen LogP contribution in [0.4, 0.5) is 0 Å². The van der Waals surface area contributed by atoms with Crippen LogP contribution in [0.3, 0.4) is 0 Å². The summed E-state index contributed by atoms with van der Waals surface area (Å²) < 4.78 is 0. The van der Waals surface area contributed by atoms with E-state index in [-0.39, 0.29) is 12.2 Å². The predicted octanol–water partition coefficient (Wildman–Crippen LogP) is 0.124. The van der Waals surface area contributed by atoms with Gasteiger partial charge in [-0.1, -0.05) is 11.8 Å². The summed E-state index contributed by atoms with van der Waals surface area (Å²) in [6.45, 7) is -0.253. The molecule has 0 spiro atoms. The summed E-state index contributed by atoms with van der Waals surface area (Å²) in [5.74, 6) is 3.93. The van der Waals surface area contributed by atoms with Gasteiger partial charge < -0.3 is 10.2 Å². The number of aliphatic hydroxyl groups excluding tert-OH is 1. The first kappa shape index (κ1) is 9.23. The van der Waals surface area contributed by atoms with E-state index in [4.69, 9.17) is 10.2 Å². The van der Waals surface area contributed by atoms with Gasteiger partial charge in [-0.25, -0.2) is 4.79 Å². The molecular weight excluding hydrogens is 170 g/mol. The number of nitrogens with zero attached hydrogens (tertiary/aromatic N) is 1. The summed E-state index contributed by atoms with van der Waals surface area (Å²) in [7, 11) is 0. The van der Waals surface area contributed by atoms with E-state index >= 15 is 0 Å². The number of aromatic carboxylic acids is 1. The van der Waals surface area contributed by atoms with Crippen molar-refractivity contribution in [3.8, 4) is 11.8 Å². The zero-order valence-corrected chi connectivity index (χ0v) is 6.69. The molecule has 0 saturated heterocycles. The maximum atomic E-state index is 10.5. The standard InChI is InChI=1S/C9H7NO3/c11-3-1-2-7-4-8(9(12)13)6-10-5-7/h4-6,11H,3H2,(H,12,13). The molecule has 0 bridgehead atoms. The fraction of sp³-hybridized carbons (Fsp3) is 0.111. The molecule has 13 heavy (non-hydrogen) atoms. The molecule has 0 fully saturated rings. The van der Waals surface area contributed by atoms with Gasteiger partial charge in [-0.15, -0.1) is 0 Å². The Kier molecular flexibility index (Phi) is 3.01. The van der Waals surface area contributed by atoms with E-state index in [2.05, 4.69) is 16.8 Å². The molecule has 1 heterocycles. The highest BCUT2D eigenvalue weighted by Crippen LogP contribution is 2.00. The molecule has 0 radical (unpaired) electrons. The average molecular weight is 177 g/mol. The molecule has 0 aromatic carbocycles. The molecule has 4 heteroatoms. The van der Waals surface area contributed by atoms with E-state index in [9.17, 15) is 4.79 Å². The molecule has 66 valence electrons. The fourth-order valence-electron chi connectivity index (χ4n) is 0.767. The zero-order valence-electron chi connectivity index (χ0n) is 6.69. The van der Waals surface area contributed by atoms with Crippen LogP contribution < -0.4 is 0 Å². The number of carboxylic acids is 1. The van der Waals surface area contributed by atoms with E-state index in [1.165, 1.54) is 18.5 Å². The molecule has 4 nitrogen and oxygen atoms in total. The third-order valence-corrected chi connectivity index (χ3v) is 1.30. The summed E-state index contributed by atoms with van der Waals surface area (Å²) in [4.78, 5) is 14.2. The number of hydrogen-bond donors (Lipinski definition) is 2. The molecule has 0 aliphatic carbocycles. The van der Waals surface area contributed by atoms with Crippen molar-refractivity contribution in [2.75, 3.05) is 6.61 Å². The lowest BCUT2D eigenvalue weighted by Gasteiger charge is -1.93. The minimum Gasteiger partial charge on any atom is -0.478 e. The number of carboxylic acid groups (broad SMARTS) is 1. The molecule has 2 N–H and O–H groups in total. The first-order valence-corrected chi connectivity index (χ1v) is 3.52. The number of hydrogen-bond acceptors (Lipinski definition) is 3. The van der Waals surface area contributed by atoms with Gasteiger partial charge in [-0.3, -0.25) is 4.98 Å². The van der Waals surface area contributed by atoms with Crippen LogP contribution in [0.1, 0.15) is 15.9 Å². The maximum absolute atomic E-state index is 10.5. The molecule has 1 aromatic heterocycles. The van der Waals surface area contributed by atoms with Crippen molar-refractivity contribution >= 4 is 5.97 Å². The first-order valence-electron chi connectivity index (χ1n) is 3.52. The molecule has 0 unspecified atom stereocenters. The number of carbonyl (C=O) groups is 1. The Labute approximate surface area is 74.9 Å². The lowest BCUT2D eigenvalue weighted by Crippen LogP contribution is -1.97. The van der Waals surface area contributed by atoms with Crippen molar-refractivity contribution in [1.29, 1.82) is 0 Å². The van der Waals surface area contributed by atoms with Crippen molar-refractivity contribution in [1.82, 2.24) is 4.98 Å². The second-order valence-electron chi connectivity index (χ2n) is 2.23. The lowest BCUT2D eigenvalue weighted by atomic mass is 10.2. The number of rotatable bonds is 1. The highest BCUT2D eigenvalue weighted by molar-refractivity contribution is 5.87. The van der Waals surface area contributed by atoms with Crippen molar-refractivity contribution < 1.29 is 15.0 Å². The Morgan fingerprint density at radius 1 is 1.54 bits per heavy atom. The monoisotopic (exact) mass is 177 g/mol. The summed E-state index contributed by atoms with van der Waals surface area (Å²) >= 11 is 0. The third kappa shape index (κ3) is 2.58. The van der Waals surface area contributed by atoms with Crippen LogP contribution in [0.25, 0.3) is 0 Å². The summed E-state index contributed by atoms with van der Waals surface area (Å²) in [6.07, 6.45) is 2.68. The Morgan fingerprint density at radius 2 is 2.31 bits per heavy atom. The fourth-order valence-corrected chi connectivity index (χ4v) is 0.767. The lowest BCUT2D eigenvalue weighted by molar-refractivity contribution is 0.0696. The Hall–Kier alpha value is -1.86. The molecule has 0 aliphatic heterocycles. The van der Waals surface area contributed by atoms with Gasteiger partial charge in [0, 0.05) is 18.0 Å². The Balaban J connectivity index is 2.98. The predicted molar refractivity (Wildman–Crippen MR) is 45.2 cm³/mol. The van der Waals surface area contributed by atoms with Crippen LogP contribution in [0.5, 0.6) is 0 Å².